The molecule has 98 valence electrons. The van der Waals surface area contributed by atoms with Gasteiger partial charge in [0.1, 0.15) is 0 Å². The molecule has 0 bridgehead atoms. The lowest BCUT2D eigenvalue weighted by Gasteiger charge is -2.23. The fourth-order valence-electron chi connectivity index (χ4n) is 1.80. The molecular formula is C13H15F3N2. The normalized spacial score (nSPS) is 11.1. The van der Waals surface area contributed by atoms with Crippen molar-refractivity contribution in [1.82, 2.24) is 0 Å². The lowest BCUT2D eigenvalue weighted by atomic mass is 10.1. The Kier molecular flexibility index (Phi) is 4.60. The van der Waals surface area contributed by atoms with Gasteiger partial charge in [0, 0.05) is 18.8 Å². The zero-order valence-corrected chi connectivity index (χ0v) is 10.4. The van der Waals surface area contributed by atoms with Crippen LogP contribution in [0.2, 0.25) is 0 Å². The van der Waals surface area contributed by atoms with E-state index in [1.165, 1.54) is 6.07 Å². The largest absolute Gasteiger partial charge is 0.417 e. The summed E-state index contributed by atoms with van der Waals surface area (Å²) in [4.78, 5) is 1.86. The van der Waals surface area contributed by atoms with Crippen molar-refractivity contribution in [3.05, 3.63) is 29.3 Å². The smallest absolute Gasteiger partial charge is 0.372 e. The van der Waals surface area contributed by atoms with Gasteiger partial charge >= 0.3 is 6.18 Å². The van der Waals surface area contributed by atoms with Crippen LogP contribution in [0.3, 0.4) is 0 Å². The van der Waals surface area contributed by atoms with Crippen LogP contribution in [-0.4, -0.2) is 13.1 Å². The fourth-order valence-corrected chi connectivity index (χ4v) is 1.80. The first-order valence-corrected chi connectivity index (χ1v) is 5.80. The van der Waals surface area contributed by atoms with Crippen molar-refractivity contribution >= 4 is 5.69 Å². The maximum absolute atomic E-state index is 12.8. The minimum Gasteiger partial charge on any atom is -0.372 e. The number of rotatable bonds is 4. The van der Waals surface area contributed by atoms with Gasteiger partial charge in [-0.1, -0.05) is 6.92 Å². The Morgan fingerprint density at radius 3 is 2.39 bits per heavy atom. The molecule has 0 radical (unpaired) electrons. The zero-order valence-electron chi connectivity index (χ0n) is 10.4. The molecule has 0 atom stereocenters. The van der Waals surface area contributed by atoms with Crippen molar-refractivity contribution in [2.75, 3.05) is 18.0 Å². The molecule has 5 heteroatoms. The fraction of sp³-hybridized carbons (Fsp3) is 0.462. The number of alkyl halides is 3. The molecule has 0 saturated heterocycles. The number of anilines is 1. The third-order valence-corrected chi connectivity index (χ3v) is 2.67. The topological polar surface area (TPSA) is 27.0 Å². The molecule has 0 amide bonds. The van der Waals surface area contributed by atoms with E-state index < -0.39 is 11.7 Å². The van der Waals surface area contributed by atoms with Gasteiger partial charge in [-0.2, -0.15) is 18.4 Å². The molecular weight excluding hydrogens is 241 g/mol. The summed E-state index contributed by atoms with van der Waals surface area (Å²) in [5, 5.41) is 8.71. The van der Waals surface area contributed by atoms with Gasteiger partial charge in [0.2, 0.25) is 0 Å². The lowest BCUT2D eigenvalue weighted by Crippen LogP contribution is -2.24. The lowest BCUT2D eigenvalue weighted by molar-refractivity contribution is -0.137. The second kappa shape index (κ2) is 5.76. The monoisotopic (exact) mass is 256 g/mol. The number of hydrogen-bond acceptors (Lipinski definition) is 2. The SMILES string of the molecule is CCCN(CC)c1ccc(C#N)c(C(F)(F)F)c1. The Balaban J connectivity index is 3.22. The number of halogens is 3. The van der Waals surface area contributed by atoms with Crippen molar-refractivity contribution < 1.29 is 13.2 Å². The molecule has 0 heterocycles. The summed E-state index contributed by atoms with van der Waals surface area (Å²) < 4.78 is 38.4. The van der Waals surface area contributed by atoms with Crippen molar-refractivity contribution in [1.29, 1.82) is 5.26 Å². The van der Waals surface area contributed by atoms with Gasteiger partial charge < -0.3 is 4.90 Å². The first-order chi connectivity index (χ1) is 8.43. The van der Waals surface area contributed by atoms with Crippen LogP contribution in [0, 0.1) is 11.3 Å². The highest BCUT2D eigenvalue weighted by atomic mass is 19.4. The highest BCUT2D eigenvalue weighted by molar-refractivity contribution is 5.54. The van der Waals surface area contributed by atoms with Crippen LogP contribution in [0.5, 0.6) is 0 Å². The van der Waals surface area contributed by atoms with Crippen molar-refractivity contribution in [2.24, 2.45) is 0 Å². The maximum Gasteiger partial charge on any atom is 0.417 e. The number of hydrogen-bond donors (Lipinski definition) is 0. The maximum atomic E-state index is 12.8. The molecule has 1 rings (SSSR count). The zero-order chi connectivity index (χ0) is 13.8. The number of nitrogens with zero attached hydrogens (tertiary/aromatic N) is 2. The van der Waals surface area contributed by atoms with E-state index in [0.717, 1.165) is 12.5 Å². The average molecular weight is 256 g/mol. The molecule has 0 saturated carbocycles. The molecule has 0 unspecified atom stereocenters. The summed E-state index contributed by atoms with van der Waals surface area (Å²) in [6.07, 6.45) is -3.64. The minimum absolute atomic E-state index is 0.334. The Morgan fingerprint density at radius 2 is 1.94 bits per heavy atom. The van der Waals surface area contributed by atoms with Crippen LogP contribution in [0.25, 0.3) is 0 Å². The van der Waals surface area contributed by atoms with E-state index in [9.17, 15) is 13.2 Å². The molecule has 0 spiro atoms. The molecule has 0 aliphatic heterocycles. The van der Waals surface area contributed by atoms with E-state index in [-0.39, 0.29) is 5.56 Å². The molecule has 0 aliphatic carbocycles. The molecule has 2 nitrogen and oxygen atoms in total. The molecule has 0 aliphatic rings. The highest BCUT2D eigenvalue weighted by Gasteiger charge is 2.34. The quantitative estimate of drug-likeness (QED) is 0.819. The first-order valence-electron chi connectivity index (χ1n) is 5.80. The molecule has 0 N–H and O–H groups in total. The third-order valence-electron chi connectivity index (χ3n) is 2.67. The number of nitriles is 1. The van der Waals surface area contributed by atoms with E-state index >= 15 is 0 Å². The van der Waals surface area contributed by atoms with Crippen LogP contribution in [0.15, 0.2) is 18.2 Å². The summed E-state index contributed by atoms with van der Waals surface area (Å²) >= 11 is 0. The second-order valence-corrected chi connectivity index (χ2v) is 3.92. The Morgan fingerprint density at radius 1 is 1.28 bits per heavy atom. The van der Waals surface area contributed by atoms with Crippen molar-refractivity contribution in [2.45, 2.75) is 26.4 Å². The molecule has 1 aromatic rings. The Hall–Kier alpha value is -1.70. The average Bonchev–Trinajstić information content (AvgIpc) is 2.34. The first kappa shape index (κ1) is 14.4. The summed E-state index contributed by atoms with van der Waals surface area (Å²) in [6.45, 7) is 5.19. The predicted molar refractivity (Wildman–Crippen MR) is 64.3 cm³/mol. The van der Waals surface area contributed by atoms with E-state index in [1.807, 2.05) is 18.7 Å². The van der Waals surface area contributed by atoms with Gasteiger partial charge in [-0.25, -0.2) is 0 Å². The molecule has 0 fully saturated rings. The second-order valence-electron chi connectivity index (χ2n) is 3.92. The van der Waals surface area contributed by atoms with Crippen LogP contribution in [-0.2, 0) is 6.18 Å². The van der Waals surface area contributed by atoms with E-state index in [1.54, 1.807) is 12.1 Å². The van der Waals surface area contributed by atoms with Crippen LogP contribution in [0.1, 0.15) is 31.4 Å². The highest BCUT2D eigenvalue weighted by Crippen LogP contribution is 2.34. The standard InChI is InChI=1S/C13H15F3N2/c1-3-7-18(4-2)11-6-5-10(9-17)12(8-11)13(14,15)16/h5-6,8H,3-4,7H2,1-2H3. The summed E-state index contributed by atoms with van der Waals surface area (Å²) in [6, 6.07) is 5.43. The summed E-state index contributed by atoms with van der Waals surface area (Å²) in [5.74, 6) is 0. The van der Waals surface area contributed by atoms with Gasteiger partial charge in [-0.15, -0.1) is 0 Å². The van der Waals surface area contributed by atoms with Crippen molar-refractivity contribution in [3.8, 4) is 6.07 Å². The van der Waals surface area contributed by atoms with Gasteiger partial charge in [-0.3, -0.25) is 0 Å². The molecule has 0 aromatic heterocycles. The Labute approximate surface area is 105 Å². The van der Waals surface area contributed by atoms with E-state index in [0.29, 0.717) is 18.8 Å². The van der Waals surface area contributed by atoms with Gasteiger partial charge in [-0.05, 0) is 31.5 Å². The van der Waals surface area contributed by atoms with Gasteiger partial charge in [0.25, 0.3) is 0 Å². The van der Waals surface area contributed by atoms with Gasteiger partial charge in [0.05, 0.1) is 17.2 Å². The third kappa shape index (κ3) is 3.16. The predicted octanol–water partition coefficient (Wildman–Crippen LogP) is 3.81. The molecule has 18 heavy (non-hydrogen) atoms. The summed E-state index contributed by atoms with van der Waals surface area (Å²) in [7, 11) is 0. The van der Waals surface area contributed by atoms with E-state index in [2.05, 4.69) is 0 Å². The van der Waals surface area contributed by atoms with Crippen LogP contribution in [0.4, 0.5) is 18.9 Å². The van der Waals surface area contributed by atoms with Crippen LogP contribution < -0.4 is 4.90 Å². The van der Waals surface area contributed by atoms with Gasteiger partial charge in [0.15, 0.2) is 0 Å². The Bertz CT molecular complexity index is 447. The van der Waals surface area contributed by atoms with Crippen LogP contribution >= 0.6 is 0 Å². The van der Waals surface area contributed by atoms with Crippen molar-refractivity contribution in [3.63, 3.8) is 0 Å². The minimum atomic E-state index is -4.49. The number of benzene rings is 1. The molecule has 1 aromatic carbocycles. The van der Waals surface area contributed by atoms with E-state index in [4.69, 9.17) is 5.26 Å². The summed E-state index contributed by atoms with van der Waals surface area (Å²) in [5.41, 5.74) is -0.693.